The highest BCUT2D eigenvalue weighted by Gasteiger charge is 2.30. The van der Waals surface area contributed by atoms with Gasteiger partial charge < -0.3 is 0 Å². The molecule has 0 unspecified atom stereocenters. The second kappa shape index (κ2) is 13.0. The van der Waals surface area contributed by atoms with Crippen molar-refractivity contribution in [2.45, 2.75) is 76.3 Å². The summed E-state index contributed by atoms with van der Waals surface area (Å²) >= 11 is 0. The van der Waals surface area contributed by atoms with Gasteiger partial charge in [-0.25, -0.2) is 0 Å². The monoisotopic (exact) mass is 460 g/mol. The van der Waals surface area contributed by atoms with E-state index >= 15 is 0 Å². The first-order valence-electron chi connectivity index (χ1n) is 13.4. The van der Waals surface area contributed by atoms with Crippen LogP contribution in [0.4, 0.5) is 0 Å². The Morgan fingerprint density at radius 3 is 1.26 bits per heavy atom. The molecule has 0 N–H and O–H groups in total. The Kier molecular flexibility index (Phi) is 9.46. The molecule has 182 valence electrons. The molecule has 2 aromatic rings. The number of nitrogens with zero attached hydrogens (tertiary/aromatic N) is 2. The fraction of sp³-hybridized carbons (Fsp3) is 0.533. The van der Waals surface area contributed by atoms with Crippen molar-refractivity contribution >= 4 is 11.6 Å². The largest absolute Gasteiger partial charge is 0.293 e. The Morgan fingerprint density at radius 2 is 0.912 bits per heavy atom. The number of piperidine rings is 2. The van der Waals surface area contributed by atoms with Crippen molar-refractivity contribution in [1.29, 1.82) is 0 Å². The van der Waals surface area contributed by atoms with Gasteiger partial charge >= 0.3 is 0 Å². The average molecular weight is 461 g/mol. The Hall–Kier alpha value is -2.30. The maximum atomic E-state index is 13.4. The number of unbranched alkanes of at least 4 members (excludes halogenated alkanes) is 1. The van der Waals surface area contributed by atoms with Gasteiger partial charge in [0.05, 0.1) is 12.1 Å². The topological polar surface area (TPSA) is 40.6 Å². The van der Waals surface area contributed by atoms with Crippen molar-refractivity contribution in [1.82, 2.24) is 9.80 Å². The first-order chi connectivity index (χ1) is 16.7. The molecule has 34 heavy (non-hydrogen) atoms. The minimum Gasteiger partial charge on any atom is -0.293 e. The molecular weight excluding hydrogens is 420 g/mol. The summed E-state index contributed by atoms with van der Waals surface area (Å²) in [6, 6.07) is 19.5. The van der Waals surface area contributed by atoms with Crippen LogP contribution in [0.3, 0.4) is 0 Å². The van der Waals surface area contributed by atoms with Gasteiger partial charge in [0.2, 0.25) is 0 Å². The number of Topliss-reactive ketones (excluding diaryl/α,β-unsaturated/α-hetero) is 2. The highest BCUT2D eigenvalue weighted by atomic mass is 16.1. The smallest absolute Gasteiger partial charge is 0.179 e. The van der Waals surface area contributed by atoms with Crippen molar-refractivity contribution in [3.63, 3.8) is 0 Å². The lowest BCUT2D eigenvalue weighted by atomic mass is 9.92. The van der Waals surface area contributed by atoms with Crippen molar-refractivity contribution in [2.75, 3.05) is 26.2 Å². The maximum absolute atomic E-state index is 13.4. The van der Waals surface area contributed by atoms with Gasteiger partial charge in [0.25, 0.3) is 0 Å². The van der Waals surface area contributed by atoms with Crippen LogP contribution in [0.15, 0.2) is 60.7 Å². The third-order valence-electron chi connectivity index (χ3n) is 7.59. The van der Waals surface area contributed by atoms with Crippen molar-refractivity contribution < 1.29 is 9.59 Å². The maximum Gasteiger partial charge on any atom is 0.179 e. The number of carbonyl (C=O) groups excluding carboxylic acids is 2. The van der Waals surface area contributed by atoms with E-state index in [0.29, 0.717) is 0 Å². The predicted molar refractivity (Wildman–Crippen MR) is 138 cm³/mol. The van der Waals surface area contributed by atoms with Gasteiger partial charge in [-0.3, -0.25) is 19.4 Å². The highest BCUT2D eigenvalue weighted by Crippen LogP contribution is 2.23. The number of benzene rings is 2. The lowest BCUT2D eigenvalue weighted by molar-refractivity contribution is 0.0734. The summed E-state index contributed by atoms with van der Waals surface area (Å²) in [6.45, 7) is 4.08. The van der Waals surface area contributed by atoms with E-state index in [2.05, 4.69) is 9.80 Å². The van der Waals surface area contributed by atoms with Gasteiger partial charge in [0, 0.05) is 11.1 Å². The molecule has 0 bridgehead atoms. The van der Waals surface area contributed by atoms with Crippen molar-refractivity contribution in [2.24, 2.45) is 0 Å². The molecule has 0 aliphatic carbocycles. The van der Waals surface area contributed by atoms with Crippen LogP contribution < -0.4 is 0 Å². The SMILES string of the molecule is O=C(c1ccccc1)[C@@H](CCCC[C@H](C(=O)c1ccccc1)N1CCCCC1)N1CCCCC1. The molecule has 2 fully saturated rings. The van der Waals surface area contributed by atoms with E-state index in [9.17, 15) is 9.59 Å². The number of ketones is 2. The van der Waals surface area contributed by atoms with Crippen LogP contribution in [0.1, 0.15) is 84.9 Å². The van der Waals surface area contributed by atoms with Crippen molar-refractivity contribution in [3.05, 3.63) is 71.8 Å². The van der Waals surface area contributed by atoms with Crippen LogP contribution in [0.5, 0.6) is 0 Å². The second-order valence-electron chi connectivity index (χ2n) is 9.97. The summed E-state index contributed by atoms with van der Waals surface area (Å²) in [5.41, 5.74) is 1.65. The minimum absolute atomic E-state index is 0.0408. The first-order valence-corrected chi connectivity index (χ1v) is 13.4. The lowest BCUT2D eigenvalue weighted by Gasteiger charge is -2.35. The third kappa shape index (κ3) is 6.64. The van der Waals surface area contributed by atoms with Crippen LogP contribution in [0, 0.1) is 0 Å². The third-order valence-corrected chi connectivity index (χ3v) is 7.59. The summed E-state index contributed by atoms with van der Waals surface area (Å²) in [5, 5.41) is 0. The molecule has 2 aliphatic heterocycles. The molecule has 2 saturated heterocycles. The Labute approximate surface area is 205 Å². The Bertz CT molecular complexity index is 811. The summed E-state index contributed by atoms with van der Waals surface area (Å²) < 4.78 is 0. The van der Waals surface area contributed by atoms with Crippen LogP contribution >= 0.6 is 0 Å². The average Bonchev–Trinajstić information content (AvgIpc) is 2.92. The number of hydrogen-bond acceptors (Lipinski definition) is 4. The molecule has 4 heteroatoms. The fourth-order valence-electron chi connectivity index (χ4n) is 5.68. The van der Waals surface area contributed by atoms with Crippen LogP contribution in [0.2, 0.25) is 0 Å². The van der Waals surface area contributed by atoms with E-state index in [0.717, 1.165) is 63.0 Å². The first kappa shape index (κ1) is 24.8. The Morgan fingerprint density at radius 1 is 0.559 bits per heavy atom. The van der Waals surface area contributed by atoms with Gasteiger partial charge in [0.15, 0.2) is 11.6 Å². The minimum atomic E-state index is -0.0408. The number of hydrogen-bond donors (Lipinski definition) is 0. The van der Waals surface area contributed by atoms with Crippen molar-refractivity contribution in [3.8, 4) is 0 Å². The molecule has 4 rings (SSSR count). The quantitative estimate of drug-likeness (QED) is 0.304. The molecule has 4 nitrogen and oxygen atoms in total. The normalized spacial score (nSPS) is 19.4. The summed E-state index contributed by atoms with van der Waals surface area (Å²) in [5.74, 6) is 0.519. The molecule has 2 aliphatic rings. The number of likely N-dealkylation sites (tertiary alicyclic amines) is 2. The van der Waals surface area contributed by atoms with Gasteiger partial charge in [0.1, 0.15) is 0 Å². The molecule has 2 heterocycles. The van der Waals surface area contributed by atoms with E-state index in [4.69, 9.17) is 0 Å². The highest BCUT2D eigenvalue weighted by molar-refractivity contribution is 6.00. The van der Waals surface area contributed by atoms with Gasteiger partial charge in [-0.2, -0.15) is 0 Å². The fourth-order valence-corrected chi connectivity index (χ4v) is 5.68. The zero-order valence-electron chi connectivity index (χ0n) is 20.5. The zero-order chi connectivity index (χ0) is 23.6. The Balaban J connectivity index is 1.39. The van der Waals surface area contributed by atoms with Crippen LogP contribution in [-0.4, -0.2) is 59.6 Å². The van der Waals surface area contributed by atoms with Crippen LogP contribution in [-0.2, 0) is 0 Å². The summed E-state index contributed by atoms with van der Waals surface area (Å²) in [6.07, 6.45) is 11.0. The van der Waals surface area contributed by atoms with E-state index in [-0.39, 0.29) is 23.7 Å². The molecule has 0 saturated carbocycles. The number of rotatable bonds is 11. The van der Waals surface area contributed by atoms with Gasteiger partial charge in [-0.05, 0) is 64.7 Å². The molecular formula is C30H40N2O2. The van der Waals surface area contributed by atoms with E-state index < -0.39 is 0 Å². The van der Waals surface area contributed by atoms with Gasteiger partial charge in [-0.1, -0.05) is 86.3 Å². The van der Waals surface area contributed by atoms with Crippen LogP contribution in [0.25, 0.3) is 0 Å². The summed E-state index contributed by atoms with van der Waals surface area (Å²) in [7, 11) is 0. The van der Waals surface area contributed by atoms with E-state index in [1.807, 2.05) is 60.7 Å². The van der Waals surface area contributed by atoms with E-state index in [1.54, 1.807) is 0 Å². The molecule has 0 radical (unpaired) electrons. The van der Waals surface area contributed by atoms with Gasteiger partial charge in [-0.15, -0.1) is 0 Å². The number of carbonyl (C=O) groups is 2. The molecule has 2 aromatic carbocycles. The standard InChI is InChI=1S/C30H40N2O2/c33-29(25-15-5-1-6-16-25)27(31-21-11-3-12-22-31)19-9-10-20-28(32-23-13-4-14-24-32)30(34)26-17-7-2-8-18-26/h1-2,5-8,15-18,27-28H,3-4,9-14,19-24H2/t27-,28-/m1/s1. The molecule has 0 aromatic heterocycles. The van der Waals surface area contributed by atoms with E-state index in [1.165, 1.54) is 38.5 Å². The molecule has 0 spiro atoms. The lowest BCUT2D eigenvalue weighted by Crippen LogP contribution is -2.45. The predicted octanol–water partition coefficient (Wildman–Crippen LogP) is 6.02. The molecule has 0 amide bonds. The zero-order valence-corrected chi connectivity index (χ0v) is 20.5. The second-order valence-corrected chi connectivity index (χ2v) is 9.97. The summed E-state index contributed by atoms with van der Waals surface area (Å²) in [4.78, 5) is 31.6. The molecule has 2 atom stereocenters.